The van der Waals surface area contributed by atoms with Crippen molar-refractivity contribution in [3.63, 3.8) is 0 Å². The van der Waals surface area contributed by atoms with Gasteiger partial charge in [-0.2, -0.15) is 0 Å². The zero-order valence-corrected chi connectivity index (χ0v) is 12.0. The average molecular weight is 265 g/mol. The van der Waals surface area contributed by atoms with Crippen LogP contribution in [0.15, 0.2) is 24.3 Å². The van der Waals surface area contributed by atoms with Gasteiger partial charge in [0.25, 0.3) is 0 Å². The van der Waals surface area contributed by atoms with E-state index in [4.69, 9.17) is 4.74 Å². The summed E-state index contributed by atoms with van der Waals surface area (Å²) in [6, 6.07) is 7.58. The maximum atomic E-state index is 11.5. The van der Waals surface area contributed by atoms with Gasteiger partial charge in [-0.25, -0.2) is 4.79 Å². The van der Waals surface area contributed by atoms with E-state index in [0.717, 1.165) is 12.3 Å². The lowest BCUT2D eigenvalue weighted by atomic mass is 10.2. The maximum absolute atomic E-state index is 11.5. The third kappa shape index (κ3) is 5.63. The first-order valence-electron chi connectivity index (χ1n) is 5.90. The maximum Gasteiger partial charge on any atom is 0.411 e. The van der Waals surface area contributed by atoms with E-state index in [1.54, 1.807) is 24.3 Å². The lowest BCUT2D eigenvalue weighted by Gasteiger charge is -2.15. The molecule has 0 aliphatic rings. The van der Waals surface area contributed by atoms with E-state index in [1.165, 1.54) is 0 Å². The van der Waals surface area contributed by atoms with Gasteiger partial charge in [0.2, 0.25) is 0 Å². The highest BCUT2D eigenvalue weighted by Crippen LogP contribution is 2.10. The summed E-state index contributed by atoms with van der Waals surface area (Å²) < 4.78 is 5.09. The smallest absolute Gasteiger partial charge is 0.411 e. The van der Waals surface area contributed by atoms with Crippen LogP contribution < -0.4 is 5.32 Å². The fourth-order valence-electron chi connectivity index (χ4n) is 1.25. The van der Waals surface area contributed by atoms with Crippen LogP contribution in [0.25, 0.3) is 0 Å². The highest BCUT2D eigenvalue weighted by molar-refractivity contribution is 6.76. The molecule has 0 heterocycles. The first kappa shape index (κ1) is 14.4. The second kappa shape index (κ2) is 6.35. The summed E-state index contributed by atoms with van der Waals surface area (Å²) in [6.07, 6.45) is 0.308. The Kier molecular flexibility index (Phi) is 5.09. The van der Waals surface area contributed by atoms with Crippen LogP contribution in [0, 0.1) is 0 Å². The van der Waals surface area contributed by atoms with Crippen LogP contribution in [0.3, 0.4) is 0 Å². The van der Waals surface area contributed by atoms with Gasteiger partial charge in [0.15, 0.2) is 0 Å². The van der Waals surface area contributed by atoms with Crippen molar-refractivity contribution in [3.8, 4) is 0 Å². The number of hydrogen-bond acceptors (Lipinski definition) is 3. The van der Waals surface area contributed by atoms with Crippen LogP contribution >= 0.6 is 0 Å². The lowest BCUT2D eigenvalue weighted by molar-refractivity contribution is 0.112. The summed E-state index contributed by atoms with van der Waals surface area (Å²) in [5.74, 6) is 0. The SMILES string of the molecule is C[Si](C)(C)CCOC(=O)Nc1ccc(C=O)cc1. The summed E-state index contributed by atoms with van der Waals surface area (Å²) >= 11 is 0. The predicted octanol–water partition coefficient (Wildman–Crippen LogP) is 3.39. The first-order valence-corrected chi connectivity index (χ1v) is 9.60. The molecule has 1 aromatic rings. The quantitative estimate of drug-likeness (QED) is 0.656. The van der Waals surface area contributed by atoms with Crippen molar-refractivity contribution in [2.24, 2.45) is 0 Å². The Hall–Kier alpha value is -1.62. The van der Waals surface area contributed by atoms with E-state index in [0.29, 0.717) is 17.9 Å². The number of carbonyl (C=O) groups excluding carboxylic acids is 2. The minimum Gasteiger partial charge on any atom is -0.450 e. The van der Waals surface area contributed by atoms with Crippen molar-refractivity contribution in [3.05, 3.63) is 29.8 Å². The number of amides is 1. The van der Waals surface area contributed by atoms with Crippen molar-refractivity contribution < 1.29 is 14.3 Å². The molecule has 1 amide bonds. The molecular weight excluding hydrogens is 246 g/mol. The third-order valence-electron chi connectivity index (χ3n) is 2.38. The van der Waals surface area contributed by atoms with Crippen LogP contribution in [0.5, 0.6) is 0 Å². The summed E-state index contributed by atoms with van der Waals surface area (Å²) in [4.78, 5) is 21.9. The van der Waals surface area contributed by atoms with Crippen LogP contribution in [-0.2, 0) is 4.74 Å². The number of ether oxygens (including phenoxy) is 1. The van der Waals surface area contributed by atoms with Crippen molar-refractivity contribution in [2.75, 3.05) is 11.9 Å². The molecule has 5 heteroatoms. The molecule has 98 valence electrons. The monoisotopic (exact) mass is 265 g/mol. The van der Waals surface area contributed by atoms with Gasteiger partial charge in [0.05, 0.1) is 6.61 Å². The van der Waals surface area contributed by atoms with E-state index in [1.807, 2.05) is 0 Å². The fraction of sp³-hybridized carbons (Fsp3) is 0.385. The number of rotatable bonds is 5. The average Bonchev–Trinajstić information content (AvgIpc) is 2.28. The topological polar surface area (TPSA) is 55.4 Å². The number of benzene rings is 1. The second-order valence-electron chi connectivity index (χ2n) is 5.31. The predicted molar refractivity (Wildman–Crippen MR) is 75.0 cm³/mol. The van der Waals surface area contributed by atoms with Crippen LogP contribution in [-0.4, -0.2) is 27.1 Å². The van der Waals surface area contributed by atoms with Crippen LogP contribution in [0.4, 0.5) is 10.5 Å². The molecular formula is C13H19NO3Si. The van der Waals surface area contributed by atoms with Gasteiger partial charge >= 0.3 is 6.09 Å². The molecule has 0 fully saturated rings. The Morgan fingerprint density at radius 1 is 1.28 bits per heavy atom. The van der Waals surface area contributed by atoms with E-state index in [9.17, 15) is 9.59 Å². The van der Waals surface area contributed by atoms with Gasteiger partial charge in [-0.3, -0.25) is 10.1 Å². The molecule has 0 saturated heterocycles. The zero-order valence-electron chi connectivity index (χ0n) is 11.0. The van der Waals surface area contributed by atoms with Crippen LogP contribution in [0.2, 0.25) is 25.7 Å². The number of hydrogen-bond donors (Lipinski definition) is 1. The zero-order chi connectivity index (χ0) is 13.6. The number of nitrogens with one attached hydrogen (secondary N) is 1. The molecule has 1 rings (SSSR count). The Labute approximate surface area is 108 Å². The number of carbonyl (C=O) groups is 2. The van der Waals surface area contributed by atoms with Gasteiger partial charge in [-0.1, -0.05) is 19.6 Å². The van der Waals surface area contributed by atoms with Crippen molar-refractivity contribution in [1.82, 2.24) is 0 Å². The molecule has 0 aliphatic carbocycles. The second-order valence-corrected chi connectivity index (χ2v) is 10.9. The highest BCUT2D eigenvalue weighted by atomic mass is 28.3. The molecule has 0 aliphatic heterocycles. The van der Waals surface area contributed by atoms with E-state index < -0.39 is 14.2 Å². The van der Waals surface area contributed by atoms with E-state index in [-0.39, 0.29) is 0 Å². The van der Waals surface area contributed by atoms with Gasteiger partial charge < -0.3 is 4.74 Å². The molecule has 1 aromatic carbocycles. The summed E-state index contributed by atoms with van der Waals surface area (Å²) in [5.41, 5.74) is 1.20. The molecule has 0 bridgehead atoms. The van der Waals surface area contributed by atoms with Crippen molar-refractivity contribution >= 4 is 26.1 Å². The molecule has 4 nitrogen and oxygen atoms in total. The van der Waals surface area contributed by atoms with E-state index in [2.05, 4.69) is 25.0 Å². The van der Waals surface area contributed by atoms with Gasteiger partial charge in [0, 0.05) is 19.3 Å². The Morgan fingerprint density at radius 2 is 1.89 bits per heavy atom. The van der Waals surface area contributed by atoms with Gasteiger partial charge in [0.1, 0.15) is 6.29 Å². The molecule has 0 saturated carbocycles. The molecule has 18 heavy (non-hydrogen) atoms. The minimum absolute atomic E-state index is 0.452. The summed E-state index contributed by atoms with van der Waals surface area (Å²) in [7, 11) is -1.17. The normalized spacial score (nSPS) is 10.8. The van der Waals surface area contributed by atoms with E-state index >= 15 is 0 Å². The van der Waals surface area contributed by atoms with Gasteiger partial charge in [-0.05, 0) is 30.3 Å². The van der Waals surface area contributed by atoms with Crippen molar-refractivity contribution in [1.29, 1.82) is 0 Å². The summed E-state index contributed by atoms with van der Waals surface area (Å²) in [6.45, 7) is 7.14. The Morgan fingerprint density at radius 3 is 2.39 bits per heavy atom. The number of aldehydes is 1. The molecule has 0 aromatic heterocycles. The Balaban J connectivity index is 2.37. The first-order chi connectivity index (χ1) is 8.40. The minimum atomic E-state index is -1.17. The van der Waals surface area contributed by atoms with Crippen LogP contribution in [0.1, 0.15) is 10.4 Å². The molecule has 1 N–H and O–H groups in total. The largest absolute Gasteiger partial charge is 0.450 e. The molecule has 0 atom stereocenters. The summed E-state index contributed by atoms with van der Waals surface area (Å²) in [5, 5.41) is 2.62. The third-order valence-corrected chi connectivity index (χ3v) is 4.08. The number of anilines is 1. The van der Waals surface area contributed by atoms with Crippen molar-refractivity contribution in [2.45, 2.75) is 25.7 Å². The van der Waals surface area contributed by atoms with Gasteiger partial charge in [-0.15, -0.1) is 0 Å². The highest BCUT2D eigenvalue weighted by Gasteiger charge is 2.13. The molecule has 0 unspecified atom stereocenters. The Bertz CT molecular complexity index is 409. The lowest BCUT2D eigenvalue weighted by Crippen LogP contribution is -2.24. The molecule has 0 radical (unpaired) electrons. The molecule has 0 spiro atoms. The standard InChI is InChI=1S/C13H19NO3Si/c1-18(2,3)9-8-17-13(16)14-12-6-4-11(10-15)5-7-12/h4-7,10H,8-9H2,1-3H3,(H,14,16). The fourth-order valence-corrected chi connectivity index (χ4v) is 1.96.